The third-order valence-electron chi connectivity index (χ3n) is 2.69. The van der Waals surface area contributed by atoms with Crippen molar-refractivity contribution in [1.29, 1.82) is 0 Å². The molecule has 0 N–H and O–H groups in total. The van der Waals surface area contributed by atoms with Crippen molar-refractivity contribution < 1.29 is 13.9 Å². The lowest BCUT2D eigenvalue weighted by Gasteiger charge is -2.10. The van der Waals surface area contributed by atoms with Gasteiger partial charge in [0.2, 0.25) is 0 Å². The van der Waals surface area contributed by atoms with Crippen molar-refractivity contribution in [3.8, 4) is 11.4 Å². The fourth-order valence-electron chi connectivity index (χ4n) is 1.74. The van der Waals surface area contributed by atoms with Gasteiger partial charge in [-0.15, -0.1) is 11.3 Å². The number of carbonyl (C=O) groups excluding carboxylic acids is 1. The topological polar surface area (TPSA) is 68.5 Å². The second kappa shape index (κ2) is 4.77. The van der Waals surface area contributed by atoms with Gasteiger partial charge in [0.1, 0.15) is 24.3 Å². The quantitative estimate of drug-likeness (QED) is 0.843. The van der Waals surface area contributed by atoms with Crippen LogP contribution < -0.4 is 0 Å². The summed E-state index contributed by atoms with van der Waals surface area (Å²) in [6.07, 6.45) is 3.45. The Morgan fingerprint density at radius 2 is 2.39 bits per heavy atom. The number of hydrogen-bond donors (Lipinski definition) is 0. The summed E-state index contributed by atoms with van der Waals surface area (Å²) in [5.74, 6) is 0. The third kappa shape index (κ3) is 2.21. The average Bonchev–Trinajstić information content (AvgIpc) is 3.08. The molecule has 6 nitrogen and oxygen atoms in total. The molecule has 1 aliphatic heterocycles. The molecule has 1 amide bonds. The highest BCUT2D eigenvalue weighted by atomic mass is 32.1. The molecule has 3 heterocycles. The summed E-state index contributed by atoms with van der Waals surface area (Å²) in [6, 6.07) is 0. The van der Waals surface area contributed by atoms with E-state index in [1.165, 1.54) is 6.39 Å². The van der Waals surface area contributed by atoms with E-state index in [1.807, 2.05) is 5.38 Å². The first kappa shape index (κ1) is 11.2. The minimum Gasteiger partial charge on any atom is -0.451 e. The molecule has 2 aromatic rings. The number of amides is 1. The van der Waals surface area contributed by atoms with Gasteiger partial charge in [0.15, 0.2) is 6.39 Å². The van der Waals surface area contributed by atoms with E-state index in [0.29, 0.717) is 19.7 Å². The summed E-state index contributed by atoms with van der Waals surface area (Å²) < 4.78 is 9.78. The average molecular weight is 265 g/mol. The van der Waals surface area contributed by atoms with Crippen LogP contribution in [0.25, 0.3) is 11.4 Å². The number of aromatic nitrogens is 2. The predicted octanol–water partition coefficient (Wildman–Crippen LogP) is 1.79. The van der Waals surface area contributed by atoms with Crippen LogP contribution in [0.5, 0.6) is 0 Å². The maximum atomic E-state index is 11.3. The molecule has 3 rings (SSSR count). The fraction of sp³-hybridized carbons (Fsp3) is 0.364. The molecule has 0 radical (unpaired) electrons. The Morgan fingerprint density at radius 3 is 3.11 bits per heavy atom. The molecule has 0 unspecified atom stereocenters. The van der Waals surface area contributed by atoms with Crippen LogP contribution in [0.2, 0.25) is 0 Å². The Kier molecular flexibility index (Phi) is 2.97. The highest BCUT2D eigenvalue weighted by Gasteiger charge is 2.21. The molecule has 0 saturated carbocycles. The van der Waals surface area contributed by atoms with E-state index in [2.05, 4.69) is 9.97 Å². The maximum Gasteiger partial charge on any atom is 0.409 e. The number of cyclic esters (lactones) is 1. The van der Waals surface area contributed by atoms with Crippen LogP contribution in [0, 0.1) is 0 Å². The monoisotopic (exact) mass is 265 g/mol. The molecule has 18 heavy (non-hydrogen) atoms. The van der Waals surface area contributed by atoms with E-state index in [-0.39, 0.29) is 6.09 Å². The van der Waals surface area contributed by atoms with E-state index < -0.39 is 0 Å². The van der Waals surface area contributed by atoms with E-state index in [4.69, 9.17) is 9.15 Å². The lowest BCUT2D eigenvalue weighted by molar-refractivity contribution is 0.159. The third-order valence-corrected chi connectivity index (χ3v) is 3.60. The molecule has 1 fully saturated rings. The number of nitrogens with zero attached hydrogens (tertiary/aromatic N) is 3. The molecule has 1 saturated heterocycles. The first-order valence-corrected chi connectivity index (χ1v) is 6.45. The number of carbonyl (C=O) groups is 1. The Balaban J connectivity index is 1.62. The summed E-state index contributed by atoms with van der Waals surface area (Å²) in [7, 11) is 0. The Morgan fingerprint density at radius 1 is 1.44 bits per heavy atom. The normalized spacial score (nSPS) is 15.1. The van der Waals surface area contributed by atoms with Crippen LogP contribution >= 0.6 is 11.3 Å². The summed E-state index contributed by atoms with van der Waals surface area (Å²) in [5.41, 5.74) is 1.55. The van der Waals surface area contributed by atoms with Gasteiger partial charge in [0, 0.05) is 18.3 Å². The minimum atomic E-state index is -0.233. The van der Waals surface area contributed by atoms with Crippen LogP contribution in [-0.2, 0) is 11.2 Å². The molecule has 0 aromatic carbocycles. The van der Waals surface area contributed by atoms with Gasteiger partial charge in [-0.1, -0.05) is 0 Å². The molecule has 7 heteroatoms. The van der Waals surface area contributed by atoms with E-state index in [9.17, 15) is 4.79 Å². The van der Waals surface area contributed by atoms with Gasteiger partial charge in [-0.25, -0.2) is 14.8 Å². The minimum absolute atomic E-state index is 0.233. The Bertz CT molecular complexity index is 537. The van der Waals surface area contributed by atoms with E-state index >= 15 is 0 Å². The summed E-state index contributed by atoms with van der Waals surface area (Å²) >= 11 is 1.56. The zero-order chi connectivity index (χ0) is 12.4. The van der Waals surface area contributed by atoms with Crippen LogP contribution in [0.15, 0.2) is 22.5 Å². The van der Waals surface area contributed by atoms with Gasteiger partial charge in [0.05, 0.1) is 11.6 Å². The lowest BCUT2D eigenvalue weighted by atomic mass is 10.3. The number of oxazole rings is 1. The number of rotatable bonds is 4. The van der Waals surface area contributed by atoms with Gasteiger partial charge in [0.25, 0.3) is 0 Å². The molecule has 94 valence electrons. The lowest BCUT2D eigenvalue weighted by Crippen LogP contribution is -2.26. The second-order valence-corrected chi connectivity index (χ2v) is 4.79. The smallest absolute Gasteiger partial charge is 0.409 e. The summed E-state index contributed by atoms with van der Waals surface area (Å²) in [4.78, 5) is 21.4. The van der Waals surface area contributed by atoms with Crippen LogP contribution in [0.4, 0.5) is 4.79 Å². The SMILES string of the molecule is O=C1OCCN1CCc1nc(-c2cocn2)cs1. The predicted molar refractivity (Wildman–Crippen MR) is 64.2 cm³/mol. The summed E-state index contributed by atoms with van der Waals surface area (Å²) in [6.45, 7) is 1.80. The zero-order valence-electron chi connectivity index (χ0n) is 9.54. The van der Waals surface area contributed by atoms with Crippen molar-refractivity contribution in [2.45, 2.75) is 6.42 Å². The maximum absolute atomic E-state index is 11.3. The van der Waals surface area contributed by atoms with E-state index in [0.717, 1.165) is 22.8 Å². The Hall–Kier alpha value is -1.89. The molecule has 0 bridgehead atoms. The van der Waals surface area contributed by atoms with Gasteiger partial charge in [-0.2, -0.15) is 0 Å². The zero-order valence-corrected chi connectivity index (χ0v) is 10.4. The first-order valence-electron chi connectivity index (χ1n) is 5.57. The van der Waals surface area contributed by atoms with Crippen LogP contribution in [0.1, 0.15) is 5.01 Å². The molecular formula is C11H11N3O3S. The van der Waals surface area contributed by atoms with Crippen LogP contribution in [-0.4, -0.2) is 40.7 Å². The van der Waals surface area contributed by atoms with Crippen molar-refractivity contribution in [3.05, 3.63) is 23.0 Å². The molecular weight excluding hydrogens is 254 g/mol. The molecule has 1 aliphatic rings. The first-order chi connectivity index (χ1) is 8.83. The van der Waals surface area contributed by atoms with E-state index in [1.54, 1.807) is 22.5 Å². The standard InChI is InChI=1S/C11H11N3O3S/c15-11-14(3-4-17-11)2-1-10-13-9(6-18-10)8-5-16-7-12-8/h5-7H,1-4H2. The van der Waals surface area contributed by atoms with Crippen LogP contribution in [0.3, 0.4) is 0 Å². The molecule has 0 spiro atoms. The number of hydrogen-bond acceptors (Lipinski definition) is 6. The van der Waals surface area contributed by atoms with Gasteiger partial charge in [-0.05, 0) is 0 Å². The van der Waals surface area contributed by atoms with Crippen molar-refractivity contribution >= 4 is 17.4 Å². The van der Waals surface area contributed by atoms with Gasteiger partial charge < -0.3 is 14.1 Å². The highest BCUT2D eigenvalue weighted by molar-refractivity contribution is 7.09. The van der Waals surface area contributed by atoms with Gasteiger partial charge in [-0.3, -0.25) is 0 Å². The summed E-state index contributed by atoms with van der Waals surface area (Å²) in [5, 5.41) is 2.92. The highest BCUT2D eigenvalue weighted by Crippen LogP contribution is 2.20. The number of thiazole rings is 1. The van der Waals surface area contributed by atoms with Gasteiger partial charge >= 0.3 is 6.09 Å². The van der Waals surface area contributed by atoms with Crippen molar-refractivity contribution in [3.63, 3.8) is 0 Å². The van der Waals surface area contributed by atoms with Crippen molar-refractivity contribution in [2.24, 2.45) is 0 Å². The second-order valence-electron chi connectivity index (χ2n) is 3.85. The molecule has 0 atom stereocenters. The Labute approximate surface area is 107 Å². The molecule has 0 aliphatic carbocycles. The molecule has 2 aromatic heterocycles. The van der Waals surface area contributed by atoms with Crippen molar-refractivity contribution in [2.75, 3.05) is 19.7 Å². The number of ether oxygens (including phenoxy) is 1. The van der Waals surface area contributed by atoms with Crippen molar-refractivity contribution in [1.82, 2.24) is 14.9 Å². The fourth-order valence-corrected chi connectivity index (χ4v) is 2.52. The largest absolute Gasteiger partial charge is 0.451 e.